The van der Waals surface area contributed by atoms with E-state index in [0.717, 1.165) is 57.0 Å². The van der Waals surface area contributed by atoms with E-state index in [-0.39, 0.29) is 10.9 Å². The number of halogens is 1. The van der Waals surface area contributed by atoms with Crippen LogP contribution in [-0.4, -0.2) is 56.9 Å². The summed E-state index contributed by atoms with van der Waals surface area (Å²) >= 11 is 0. The van der Waals surface area contributed by atoms with Gasteiger partial charge in [-0.3, -0.25) is 14.9 Å². The monoisotopic (exact) mass is 415 g/mol. The normalized spacial score (nSPS) is 14.7. The molecule has 1 fully saturated rings. The van der Waals surface area contributed by atoms with Gasteiger partial charge in [-0.1, -0.05) is 12.8 Å². The van der Waals surface area contributed by atoms with Crippen LogP contribution in [0, 0.1) is 5.82 Å². The summed E-state index contributed by atoms with van der Waals surface area (Å²) in [7, 11) is -2.87. The molecule has 0 unspecified atom stereocenters. The molecule has 0 aromatic heterocycles. The van der Waals surface area contributed by atoms with Gasteiger partial charge in [0.05, 0.1) is 4.90 Å². The van der Waals surface area contributed by atoms with Crippen molar-refractivity contribution in [3.05, 3.63) is 30.1 Å². The van der Waals surface area contributed by atoms with E-state index in [4.69, 9.17) is 4.74 Å². The second-order valence-electron chi connectivity index (χ2n) is 6.38. The number of rotatable bonds is 7. The van der Waals surface area contributed by atoms with Gasteiger partial charge in [-0.2, -0.15) is 4.31 Å². The number of urea groups is 1. The number of hydrogen-bond donors (Lipinski definition) is 2. The van der Waals surface area contributed by atoms with Gasteiger partial charge >= 0.3 is 12.0 Å². The van der Waals surface area contributed by atoms with Crippen LogP contribution in [-0.2, 0) is 24.3 Å². The number of likely N-dealkylation sites (N-methyl/N-ethyl adjacent to an activating group) is 1. The van der Waals surface area contributed by atoms with E-state index in [1.165, 1.54) is 0 Å². The van der Waals surface area contributed by atoms with Crippen LogP contribution in [0.3, 0.4) is 0 Å². The van der Waals surface area contributed by atoms with E-state index >= 15 is 0 Å². The van der Waals surface area contributed by atoms with Crippen molar-refractivity contribution in [1.82, 2.24) is 14.9 Å². The first-order valence-corrected chi connectivity index (χ1v) is 10.1. The van der Waals surface area contributed by atoms with Crippen LogP contribution in [0.1, 0.15) is 25.7 Å². The summed E-state index contributed by atoms with van der Waals surface area (Å²) in [6.07, 6.45) is 3.74. The SMILES string of the molecule is CN(CC(=O)OCC(=O)NC(=O)NC1CCCC1)S(=O)(=O)c1ccc(F)cc1. The van der Waals surface area contributed by atoms with E-state index in [0.29, 0.717) is 4.31 Å². The molecule has 0 heterocycles. The Bertz CT molecular complexity index is 822. The van der Waals surface area contributed by atoms with Crippen molar-refractivity contribution < 1.29 is 31.9 Å². The van der Waals surface area contributed by atoms with E-state index in [1.807, 2.05) is 5.32 Å². The minimum Gasteiger partial charge on any atom is -0.455 e. The molecule has 1 aromatic rings. The number of sulfonamides is 1. The van der Waals surface area contributed by atoms with Gasteiger partial charge < -0.3 is 10.1 Å². The van der Waals surface area contributed by atoms with Crippen molar-refractivity contribution in [3.8, 4) is 0 Å². The lowest BCUT2D eigenvalue weighted by atomic mass is 10.2. The molecule has 0 saturated heterocycles. The Kier molecular flexibility index (Phi) is 7.46. The number of ether oxygens (including phenoxy) is 1. The maximum absolute atomic E-state index is 12.9. The molecule has 1 saturated carbocycles. The number of carbonyl (C=O) groups is 3. The Hall–Kier alpha value is -2.53. The summed E-state index contributed by atoms with van der Waals surface area (Å²) in [5.41, 5.74) is 0. The molecule has 2 N–H and O–H groups in total. The molecule has 9 nitrogen and oxygen atoms in total. The third-order valence-electron chi connectivity index (χ3n) is 4.18. The highest BCUT2D eigenvalue weighted by atomic mass is 32.2. The number of nitrogens with one attached hydrogen (secondary N) is 2. The van der Waals surface area contributed by atoms with Crippen LogP contribution in [0.5, 0.6) is 0 Å². The highest BCUT2D eigenvalue weighted by Gasteiger charge is 2.24. The predicted octanol–water partition coefficient (Wildman–Crippen LogP) is 0.758. The lowest BCUT2D eigenvalue weighted by Crippen LogP contribution is -2.45. The van der Waals surface area contributed by atoms with Gasteiger partial charge in [0.25, 0.3) is 5.91 Å². The number of benzene rings is 1. The zero-order valence-electron chi connectivity index (χ0n) is 15.3. The van der Waals surface area contributed by atoms with Gasteiger partial charge in [0, 0.05) is 13.1 Å². The fraction of sp³-hybridized carbons (Fsp3) is 0.471. The van der Waals surface area contributed by atoms with Crippen LogP contribution in [0.15, 0.2) is 29.2 Å². The van der Waals surface area contributed by atoms with Crippen LogP contribution in [0.2, 0.25) is 0 Å². The molecule has 1 aliphatic rings. The Morgan fingerprint density at radius 2 is 1.79 bits per heavy atom. The molecule has 1 aliphatic carbocycles. The molecule has 28 heavy (non-hydrogen) atoms. The first kappa shape index (κ1) is 21.8. The predicted molar refractivity (Wildman–Crippen MR) is 96.1 cm³/mol. The molecule has 0 spiro atoms. The van der Waals surface area contributed by atoms with Gasteiger partial charge in [0.15, 0.2) is 6.61 Å². The van der Waals surface area contributed by atoms with E-state index < -0.39 is 46.9 Å². The van der Waals surface area contributed by atoms with E-state index in [9.17, 15) is 27.2 Å². The minimum absolute atomic E-state index is 0.0284. The first-order valence-electron chi connectivity index (χ1n) is 8.66. The molecule has 0 atom stereocenters. The average molecular weight is 415 g/mol. The second kappa shape index (κ2) is 9.60. The summed E-state index contributed by atoms with van der Waals surface area (Å²) < 4.78 is 42.9. The summed E-state index contributed by atoms with van der Waals surface area (Å²) in [5.74, 6) is -2.39. The number of amides is 3. The largest absolute Gasteiger partial charge is 0.455 e. The van der Waals surface area contributed by atoms with Gasteiger partial charge in [-0.25, -0.2) is 17.6 Å². The standard InChI is InChI=1S/C17H22FN3O6S/c1-21(28(25,26)14-8-6-12(18)7-9-14)10-16(23)27-11-15(22)20-17(24)19-13-4-2-3-5-13/h6-9,13H,2-5,10-11H2,1H3,(H2,19,20,22,24). The van der Waals surface area contributed by atoms with Gasteiger partial charge in [0.2, 0.25) is 10.0 Å². The number of nitrogens with zero attached hydrogens (tertiary/aromatic N) is 1. The highest BCUT2D eigenvalue weighted by molar-refractivity contribution is 7.89. The summed E-state index contributed by atoms with van der Waals surface area (Å²) in [5, 5.41) is 4.69. The molecule has 2 rings (SSSR count). The topological polar surface area (TPSA) is 122 Å². The average Bonchev–Trinajstić information content (AvgIpc) is 3.13. The smallest absolute Gasteiger partial charge is 0.321 e. The number of carbonyl (C=O) groups excluding carboxylic acids is 3. The van der Waals surface area contributed by atoms with Gasteiger partial charge in [-0.05, 0) is 37.1 Å². The molecule has 3 amide bonds. The van der Waals surface area contributed by atoms with Crippen LogP contribution < -0.4 is 10.6 Å². The van der Waals surface area contributed by atoms with Crippen molar-refractivity contribution in [2.24, 2.45) is 0 Å². The number of hydrogen-bond acceptors (Lipinski definition) is 6. The molecule has 0 radical (unpaired) electrons. The Labute approximate surface area is 162 Å². The van der Waals surface area contributed by atoms with E-state index in [2.05, 4.69) is 5.32 Å². The maximum atomic E-state index is 12.9. The molecular weight excluding hydrogens is 393 g/mol. The van der Waals surface area contributed by atoms with Crippen LogP contribution in [0.25, 0.3) is 0 Å². The Morgan fingerprint density at radius 1 is 1.18 bits per heavy atom. The molecule has 0 aliphatic heterocycles. The lowest BCUT2D eigenvalue weighted by Gasteiger charge is -2.16. The third kappa shape index (κ3) is 6.27. The lowest BCUT2D eigenvalue weighted by molar-refractivity contribution is -0.148. The second-order valence-corrected chi connectivity index (χ2v) is 8.42. The quantitative estimate of drug-likeness (QED) is 0.634. The Morgan fingerprint density at radius 3 is 2.39 bits per heavy atom. The van der Waals surface area contributed by atoms with Crippen molar-refractivity contribution in [2.75, 3.05) is 20.2 Å². The minimum atomic E-state index is -4.02. The summed E-state index contributed by atoms with van der Waals surface area (Å²) in [4.78, 5) is 34.9. The van der Waals surface area contributed by atoms with E-state index in [1.54, 1.807) is 0 Å². The van der Waals surface area contributed by atoms with Crippen LogP contribution >= 0.6 is 0 Å². The van der Waals surface area contributed by atoms with Gasteiger partial charge in [-0.15, -0.1) is 0 Å². The molecule has 1 aromatic carbocycles. The maximum Gasteiger partial charge on any atom is 0.321 e. The number of imide groups is 1. The summed E-state index contributed by atoms with van der Waals surface area (Å²) in [6, 6.07) is 3.48. The van der Waals surface area contributed by atoms with Gasteiger partial charge in [0.1, 0.15) is 12.4 Å². The highest BCUT2D eigenvalue weighted by Crippen LogP contribution is 2.17. The zero-order valence-corrected chi connectivity index (χ0v) is 16.1. The molecule has 0 bridgehead atoms. The van der Waals surface area contributed by atoms with Crippen molar-refractivity contribution in [1.29, 1.82) is 0 Å². The Balaban J connectivity index is 1.77. The molecular formula is C17H22FN3O6S. The molecule has 154 valence electrons. The zero-order chi connectivity index (χ0) is 20.7. The van der Waals surface area contributed by atoms with Crippen LogP contribution in [0.4, 0.5) is 9.18 Å². The van der Waals surface area contributed by atoms with Crippen molar-refractivity contribution >= 4 is 27.9 Å². The fourth-order valence-corrected chi connectivity index (χ4v) is 3.81. The first-order chi connectivity index (χ1) is 13.2. The summed E-state index contributed by atoms with van der Waals surface area (Å²) in [6.45, 7) is -1.37. The van der Waals surface area contributed by atoms with Crippen molar-refractivity contribution in [3.63, 3.8) is 0 Å². The third-order valence-corrected chi connectivity index (χ3v) is 6.00. The van der Waals surface area contributed by atoms with Crippen molar-refractivity contribution in [2.45, 2.75) is 36.6 Å². The number of esters is 1. The molecule has 11 heteroatoms. The fourth-order valence-electron chi connectivity index (χ4n) is 2.70.